The Kier molecular flexibility index (Phi) is 1.66. The summed E-state index contributed by atoms with van der Waals surface area (Å²) in [7, 11) is 0. The van der Waals surface area contributed by atoms with E-state index < -0.39 is 0 Å². The van der Waals surface area contributed by atoms with Crippen molar-refractivity contribution in [3.05, 3.63) is 42.1 Å². The lowest BCUT2D eigenvalue weighted by atomic mass is 10.1. The van der Waals surface area contributed by atoms with E-state index >= 15 is 0 Å². The van der Waals surface area contributed by atoms with Crippen LogP contribution in [-0.4, -0.2) is 0 Å². The molecule has 1 radical (unpaired) electrons. The lowest BCUT2D eigenvalue weighted by Crippen LogP contribution is -1.73. The standard InChI is InChI=1S/C10H9S/c1-2-8-7-11-10-6-4-3-5-9(8)10/h3-7H,1-2H2. The molecule has 0 aliphatic rings. The number of thiophene rings is 1. The fraction of sp³-hybridized carbons (Fsp3) is 0.100. The van der Waals surface area contributed by atoms with Crippen molar-refractivity contribution < 1.29 is 0 Å². The monoisotopic (exact) mass is 161 g/mol. The summed E-state index contributed by atoms with van der Waals surface area (Å²) in [6.07, 6.45) is 0.893. The van der Waals surface area contributed by atoms with E-state index in [0.29, 0.717) is 0 Å². The van der Waals surface area contributed by atoms with Crippen LogP contribution in [0, 0.1) is 6.92 Å². The zero-order valence-corrected chi connectivity index (χ0v) is 7.03. The third kappa shape index (κ3) is 1.05. The third-order valence-electron chi connectivity index (χ3n) is 1.83. The van der Waals surface area contributed by atoms with Crippen LogP contribution in [0.4, 0.5) is 0 Å². The summed E-state index contributed by atoms with van der Waals surface area (Å²) in [4.78, 5) is 0. The zero-order chi connectivity index (χ0) is 7.68. The van der Waals surface area contributed by atoms with E-state index in [0.717, 1.165) is 6.42 Å². The van der Waals surface area contributed by atoms with Gasteiger partial charge in [-0.05, 0) is 35.7 Å². The van der Waals surface area contributed by atoms with Crippen molar-refractivity contribution in [2.45, 2.75) is 6.42 Å². The predicted molar refractivity (Wildman–Crippen MR) is 50.9 cm³/mol. The lowest BCUT2D eigenvalue weighted by Gasteiger charge is -1.90. The van der Waals surface area contributed by atoms with Crippen LogP contribution in [0.25, 0.3) is 10.1 Å². The van der Waals surface area contributed by atoms with Gasteiger partial charge in [0.1, 0.15) is 0 Å². The average Bonchev–Trinajstić information content (AvgIpc) is 2.47. The molecule has 0 nitrogen and oxygen atoms in total. The normalized spacial score (nSPS) is 10.6. The molecule has 0 spiro atoms. The summed E-state index contributed by atoms with van der Waals surface area (Å²) >= 11 is 1.80. The topological polar surface area (TPSA) is 0 Å². The van der Waals surface area contributed by atoms with Crippen molar-refractivity contribution in [3.8, 4) is 0 Å². The van der Waals surface area contributed by atoms with Crippen molar-refractivity contribution in [2.75, 3.05) is 0 Å². The smallest absolute Gasteiger partial charge is 0.0345 e. The SMILES string of the molecule is [CH2]Cc1csc2ccccc12. The second-order valence-electron chi connectivity index (χ2n) is 2.51. The van der Waals surface area contributed by atoms with Crippen LogP contribution >= 0.6 is 11.3 Å². The van der Waals surface area contributed by atoms with Gasteiger partial charge in [0.15, 0.2) is 0 Å². The van der Waals surface area contributed by atoms with E-state index in [1.54, 1.807) is 11.3 Å². The van der Waals surface area contributed by atoms with Crippen LogP contribution < -0.4 is 0 Å². The quantitative estimate of drug-likeness (QED) is 0.602. The summed E-state index contributed by atoms with van der Waals surface area (Å²) in [5, 5.41) is 3.56. The van der Waals surface area contributed by atoms with E-state index in [4.69, 9.17) is 0 Å². The molecular formula is C10H9S. The Labute approximate surface area is 70.5 Å². The molecule has 55 valence electrons. The zero-order valence-electron chi connectivity index (χ0n) is 6.21. The highest BCUT2D eigenvalue weighted by atomic mass is 32.1. The first kappa shape index (κ1) is 6.86. The molecule has 0 atom stereocenters. The van der Waals surface area contributed by atoms with E-state index in [-0.39, 0.29) is 0 Å². The van der Waals surface area contributed by atoms with Crippen molar-refractivity contribution in [1.82, 2.24) is 0 Å². The number of hydrogen-bond donors (Lipinski definition) is 0. The van der Waals surface area contributed by atoms with Crippen LogP contribution in [-0.2, 0) is 6.42 Å². The Morgan fingerprint density at radius 3 is 2.91 bits per heavy atom. The molecule has 0 aliphatic carbocycles. The number of rotatable bonds is 1. The molecule has 0 N–H and O–H groups in total. The molecule has 0 saturated carbocycles. The van der Waals surface area contributed by atoms with Crippen molar-refractivity contribution in [1.29, 1.82) is 0 Å². The molecule has 0 saturated heterocycles. The Hall–Kier alpha value is -0.820. The molecule has 0 amide bonds. The van der Waals surface area contributed by atoms with Crippen molar-refractivity contribution in [2.24, 2.45) is 0 Å². The number of hydrogen-bond acceptors (Lipinski definition) is 1. The van der Waals surface area contributed by atoms with Gasteiger partial charge in [-0.15, -0.1) is 11.3 Å². The fourth-order valence-corrected chi connectivity index (χ4v) is 2.22. The Morgan fingerprint density at radius 1 is 1.27 bits per heavy atom. The lowest BCUT2D eigenvalue weighted by molar-refractivity contribution is 1.33. The molecule has 1 aromatic heterocycles. The molecule has 0 bridgehead atoms. The minimum Gasteiger partial charge on any atom is -0.144 e. The summed E-state index contributed by atoms with van der Waals surface area (Å²) in [5.74, 6) is 0. The van der Waals surface area contributed by atoms with Gasteiger partial charge in [-0.3, -0.25) is 0 Å². The van der Waals surface area contributed by atoms with Gasteiger partial charge in [0.05, 0.1) is 0 Å². The summed E-state index contributed by atoms with van der Waals surface area (Å²) in [6, 6.07) is 8.46. The molecule has 11 heavy (non-hydrogen) atoms. The van der Waals surface area contributed by atoms with E-state index in [1.807, 2.05) is 0 Å². The molecule has 0 unspecified atom stereocenters. The van der Waals surface area contributed by atoms with Crippen LogP contribution in [0.5, 0.6) is 0 Å². The predicted octanol–water partition coefficient (Wildman–Crippen LogP) is 3.28. The highest BCUT2D eigenvalue weighted by Crippen LogP contribution is 2.25. The number of fused-ring (bicyclic) bond motifs is 1. The maximum Gasteiger partial charge on any atom is 0.0345 e. The minimum atomic E-state index is 0.893. The van der Waals surface area contributed by atoms with Gasteiger partial charge < -0.3 is 0 Å². The van der Waals surface area contributed by atoms with Crippen molar-refractivity contribution in [3.63, 3.8) is 0 Å². The van der Waals surface area contributed by atoms with Gasteiger partial charge in [0.2, 0.25) is 0 Å². The average molecular weight is 161 g/mol. The summed E-state index contributed by atoms with van der Waals surface area (Å²) < 4.78 is 1.37. The molecule has 1 heteroatoms. The minimum absolute atomic E-state index is 0.893. The fourth-order valence-electron chi connectivity index (χ4n) is 1.23. The van der Waals surface area contributed by atoms with Crippen LogP contribution in [0.3, 0.4) is 0 Å². The first-order valence-electron chi connectivity index (χ1n) is 3.66. The molecule has 1 heterocycles. The summed E-state index contributed by atoms with van der Waals surface area (Å²) in [5.41, 5.74) is 1.37. The Morgan fingerprint density at radius 2 is 2.09 bits per heavy atom. The first-order chi connectivity index (χ1) is 5.42. The van der Waals surface area contributed by atoms with Crippen LogP contribution in [0.2, 0.25) is 0 Å². The van der Waals surface area contributed by atoms with Gasteiger partial charge in [-0.1, -0.05) is 18.2 Å². The van der Waals surface area contributed by atoms with E-state index in [2.05, 4.69) is 36.6 Å². The Bertz CT molecular complexity index is 360. The maximum absolute atomic E-state index is 3.88. The van der Waals surface area contributed by atoms with Crippen LogP contribution in [0.15, 0.2) is 29.6 Å². The van der Waals surface area contributed by atoms with Gasteiger partial charge in [0, 0.05) is 4.70 Å². The third-order valence-corrected chi connectivity index (χ3v) is 2.84. The second-order valence-corrected chi connectivity index (χ2v) is 3.42. The second kappa shape index (κ2) is 2.67. The van der Waals surface area contributed by atoms with Gasteiger partial charge >= 0.3 is 0 Å². The highest BCUT2D eigenvalue weighted by molar-refractivity contribution is 7.17. The Balaban J connectivity index is 2.76. The van der Waals surface area contributed by atoms with Crippen LogP contribution in [0.1, 0.15) is 5.56 Å². The van der Waals surface area contributed by atoms with E-state index in [1.165, 1.54) is 15.6 Å². The highest BCUT2D eigenvalue weighted by Gasteiger charge is 1.98. The maximum atomic E-state index is 3.88. The molecule has 2 aromatic rings. The van der Waals surface area contributed by atoms with E-state index in [9.17, 15) is 0 Å². The van der Waals surface area contributed by atoms with Gasteiger partial charge in [-0.25, -0.2) is 0 Å². The van der Waals surface area contributed by atoms with Gasteiger partial charge in [0.25, 0.3) is 0 Å². The molecule has 1 aromatic carbocycles. The number of benzene rings is 1. The summed E-state index contributed by atoms with van der Waals surface area (Å²) in [6.45, 7) is 3.88. The largest absolute Gasteiger partial charge is 0.144 e. The molecular weight excluding hydrogens is 152 g/mol. The van der Waals surface area contributed by atoms with Gasteiger partial charge in [-0.2, -0.15) is 0 Å². The van der Waals surface area contributed by atoms with Crippen molar-refractivity contribution >= 4 is 21.4 Å². The first-order valence-corrected chi connectivity index (χ1v) is 4.54. The molecule has 0 aliphatic heterocycles. The molecule has 2 rings (SSSR count). The molecule has 0 fully saturated rings.